The van der Waals surface area contributed by atoms with Gasteiger partial charge in [0.25, 0.3) is 0 Å². The number of nitrogens with one attached hydrogen (secondary N) is 1. The van der Waals surface area contributed by atoms with E-state index >= 15 is 0 Å². The first kappa shape index (κ1) is 20.1. The minimum Gasteiger partial charge on any atom is -0.394 e. The van der Waals surface area contributed by atoms with Crippen LogP contribution in [0.1, 0.15) is 33.1 Å². The fraction of sp³-hybridized carbons (Fsp3) is 0.750. The molecule has 0 radical (unpaired) electrons. The van der Waals surface area contributed by atoms with Crippen LogP contribution in [-0.2, 0) is 18.6 Å². The van der Waals surface area contributed by atoms with Crippen molar-refractivity contribution >= 4 is 42.6 Å². The highest BCUT2D eigenvalue weighted by atomic mass is 32.2. The fourth-order valence-corrected chi connectivity index (χ4v) is 2.15. The van der Waals surface area contributed by atoms with Gasteiger partial charge >= 0.3 is 5.97 Å². The zero-order chi connectivity index (χ0) is 16.3. The largest absolute Gasteiger partial charge is 0.394 e. The lowest BCUT2D eigenvalue weighted by Gasteiger charge is -2.19. The number of unbranched alkanes of at least 4 members (excludes halogenated alkanes) is 1. The van der Waals surface area contributed by atoms with Crippen LogP contribution in [0.5, 0.6) is 0 Å². The number of rotatable bonds is 10. The molecule has 9 heteroatoms. The number of thiol groups is 1. The van der Waals surface area contributed by atoms with Gasteiger partial charge in [0.15, 0.2) is 18.3 Å². The van der Waals surface area contributed by atoms with Crippen molar-refractivity contribution in [2.75, 3.05) is 18.9 Å². The lowest BCUT2D eigenvalue weighted by atomic mass is 10.2. The molecule has 0 spiro atoms. The highest BCUT2D eigenvalue weighted by Gasteiger charge is 2.23. The Balaban J connectivity index is 4.31. The van der Waals surface area contributed by atoms with Crippen molar-refractivity contribution in [1.82, 2.24) is 9.62 Å². The summed E-state index contributed by atoms with van der Waals surface area (Å²) in [4.78, 5) is 34.5. The van der Waals surface area contributed by atoms with Gasteiger partial charge < -0.3 is 14.6 Å². The molecule has 0 aliphatic heterocycles. The second-order valence-electron chi connectivity index (χ2n) is 4.23. The highest BCUT2D eigenvalue weighted by molar-refractivity contribution is 7.93. The Morgan fingerprint density at radius 3 is 2.57 bits per heavy atom. The highest BCUT2D eigenvalue weighted by Crippen LogP contribution is 2.13. The molecule has 2 amide bonds. The maximum absolute atomic E-state index is 11.7. The molecule has 0 unspecified atom stereocenters. The van der Waals surface area contributed by atoms with Crippen LogP contribution < -0.4 is 5.32 Å². The molecular weight excluding hydrogens is 316 g/mol. The summed E-state index contributed by atoms with van der Waals surface area (Å²) in [6.45, 7) is 3.02. The van der Waals surface area contributed by atoms with E-state index in [2.05, 4.69) is 17.9 Å². The van der Waals surface area contributed by atoms with Crippen molar-refractivity contribution in [1.29, 1.82) is 0 Å². The summed E-state index contributed by atoms with van der Waals surface area (Å²) in [5.41, 5.74) is 0. The third-order valence-corrected chi connectivity index (χ3v) is 3.48. The van der Waals surface area contributed by atoms with E-state index in [-0.39, 0.29) is 18.2 Å². The predicted octanol–water partition coefficient (Wildman–Crippen LogP) is 0.538. The predicted molar refractivity (Wildman–Crippen MR) is 83.5 cm³/mol. The monoisotopic (exact) mass is 338 g/mol. The molecule has 0 rings (SSSR count). The second kappa shape index (κ2) is 11.7. The minimum absolute atomic E-state index is 0.283. The van der Waals surface area contributed by atoms with E-state index in [1.165, 1.54) is 11.2 Å². The fourth-order valence-electron chi connectivity index (χ4n) is 1.26. The Kier molecular flexibility index (Phi) is 11.2. The molecule has 0 fully saturated rings. The number of aliphatic hydroxyl groups is 1. The Labute approximate surface area is 134 Å². The molecule has 0 aliphatic rings. The Morgan fingerprint density at radius 2 is 2.10 bits per heavy atom. The van der Waals surface area contributed by atoms with Crippen LogP contribution in [0.2, 0.25) is 0 Å². The van der Waals surface area contributed by atoms with Crippen LogP contribution in [0.3, 0.4) is 0 Å². The molecule has 0 bridgehead atoms. The number of aliphatic hydroxyl groups excluding tert-OH is 1. The second-order valence-corrected chi connectivity index (χ2v) is 5.43. The van der Waals surface area contributed by atoms with Gasteiger partial charge in [-0.1, -0.05) is 13.3 Å². The summed E-state index contributed by atoms with van der Waals surface area (Å²) in [6.07, 6.45) is 1.84. The summed E-state index contributed by atoms with van der Waals surface area (Å²) in [5, 5.41) is 11.5. The number of carbonyl (C=O) groups is 3. The van der Waals surface area contributed by atoms with Crippen molar-refractivity contribution < 1.29 is 23.7 Å². The van der Waals surface area contributed by atoms with E-state index < -0.39 is 18.6 Å². The Hall–Kier alpha value is -0.930. The van der Waals surface area contributed by atoms with E-state index in [1.54, 1.807) is 0 Å². The van der Waals surface area contributed by atoms with Crippen LogP contribution in [0.25, 0.3) is 0 Å². The number of amides is 2. The van der Waals surface area contributed by atoms with Crippen molar-refractivity contribution in [3.05, 3.63) is 0 Å². The Morgan fingerprint density at radius 1 is 1.43 bits per heavy atom. The zero-order valence-corrected chi connectivity index (χ0v) is 13.9. The molecule has 0 saturated heterocycles. The number of hydrogen-bond acceptors (Lipinski definition) is 7. The van der Waals surface area contributed by atoms with Crippen molar-refractivity contribution in [3.8, 4) is 0 Å². The SMILES string of the molecule is CCCCC(=O)N[C@@H](CO)C(=O)OSN(CCS)C(C)=O. The van der Waals surface area contributed by atoms with E-state index in [9.17, 15) is 14.4 Å². The quantitative estimate of drug-likeness (QED) is 0.306. The van der Waals surface area contributed by atoms with Gasteiger partial charge in [-0.3, -0.25) is 13.9 Å². The first-order chi connectivity index (χ1) is 9.96. The van der Waals surface area contributed by atoms with Crippen LogP contribution >= 0.6 is 24.9 Å². The van der Waals surface area contributed by atoms with Gasteiger partial charge in [0, 0.05) is 25.6 Å². The summed E-state index contributed by atoms with van der Waals surface area (Å²) in [7, 11) is 0. The van der Waals surface area contributed by atoms with Gasteiger partial charge in [0.1, 0.15) is 0 Å². The molecule has 0 aromatic heterocycles. The summed E-state index contributed by atoms with van der Waals surface area (Å²) in [6, 6.07) is -1.13. The summed E-state index contributed by atoms with van der Waals surface area (Å²) in [5.74, 6) is -0.995. The van der Waals surface area contributed by atoms with Crippen LogP contribution in [-0.4, -0.2) is 52.1 Å². The molecule has 0 aromatic carbocycles. The summed E-state index contributed by atoms with van der Waals surface area (Å²) >= 11 is 4.57. The zero-order valence-electron chi connectivity index (χ0n) is 12.2. The molecule has 0 saturated carbocycles. The van der Waals surface area contributed by atoms with Crippen LogP contribution in [0.15, 0.2) is 0 Å². The van der Waals surface area contributed by atoms with Gasteiger partial charge in [-0.15, -0.1) is 0 Å². The molecule has 0 aliphatic carbocycles. The first-order valence-electron chi connectivity index (χ1n) is 6.63. The van der Waals surface area contributed by atoms with Crippen LogP contribution in [0.4, 0.5) is 0 Å². The van der Waals surface area contributed by atoms with E-state index in [4.69, 9.17) is 9.29 Å². The standard InChI is InChI=1S/C12H22N2O5S2/c1-3-4-5-11(17)13-10(8-15)12(18)19-21-14(6-7-20)9(2)16/h10,15,20H,3-8H2,1-2H3,(H,13,17)/t10-/m0/s1. The normalized spacial score (nSPS) is 11.6. The maximum Gasteiger partial charge on any atom is 0.344 e. The molecule has 0 heterocycles. The third kappa shape index (κ3) is 8.84. The topological polar surface area (TPSA) is 95.9 Å². The van der Waals surface area contributed by atoms with E-state index in [1.807, 2.05) is 6.92 Å². The van der Waals surface area contributed by atoms with Gasteiger partial charge in [0.05, 0.1) is 6.61 Å². The molecule has 1 atom stereocenters. The molecule has 2 N–H and O–H groups in total. The van der Waals surface area contributed by atoms with E-state index in [0.29, 0.717) is 30.9 Å². The molecule has 122 valence electrons. The summed E-state index contributed by atoms with van der Waals surface area (Å²) < 4.78 is 6.07. The maximum atomic E-state index is 11.7. The van der Waals surface area contributed by atoms with Gasteiger partial charge in [0.2, 0.25) is 11.8 Å². The number of nitrogens with zero attached hydrogens (tertiary/aromatic N) is 1. The Bertz CT molecular complexity index is 355. The smallest absolute Gasteiger partial charge is 0.344 e. The lowest BCUT2D eigenvalue weighted by Crippen LogP contribution is -2.44. The lowest BCUT2D eigenvalue weighted by molar-refractivity contribution is -0.139. The van der Waals surface area contributed by atoms with Gasteiger partial charge in [-0.25, -0.2) is 4.79 Å². The third-order valence-electron chi connectivity index (χ3n) is 2.42. The molecule has 21 heavy (non-hydrogen) atoms. The molecule has 7 nitrogen and oxygen atoms in total. The van der Waals surface area contributed by atoms with Crippen molar-refractivity contribution in [2.45, 2.75) is 39.2 Å². The average molecular weight is 338 g/mol. The number of carbonyl (C=O) groups excluding carboxylic acids is 3. The van der Waals surface area contributed by atoms with Gasteiger partial charge in [-0.2, -0.15) is 12.6 Å². The average Bonchev–Trinajstić information content (AvgIpc) is 2.46. The first-order valence-corrected chi connectivity index (χ1v) is 7.97. The number of hydrogen-bond donors (Lipinski definition) is 3. The van der Waals surface area contributed by atoms with Crippen molar-refractivity contribution in [3.63, 3.8) is 0 Å². The van der Waals surface area contributed by atoms with Crippen molar-refractivity contribution in [2.24, 2.45) is 0 Å². The molecular formula is C12H22N2O5S2. The van der Waals surface area contributed by atoms with E-state index in [0.717, 1.165) is 6.42 Å². The van der Waals surface area contributed by atoms with Crippen LogP contribution in [0, 0.1) is 0 Å². The van der Waals surface area contributed by atoms with Gasteiger partial charge in [-0.05, 0) is 6.42 Å². The molecule has 0 aromatic rings. The minimum atomic E-state index is -1.13.